The van der Waals surface area contributed by atoms with Crippen LogP contribution >= 0.6 is 11.3 Å². The number of nitrogens with zero attached hydrogens (tertiary/aromatic N) is 3. The maximum Gasteiger partial charge on any atom is 0.262 e. The van der Waals surface area contributed by atoms with E-state index < -0.39 is 0 Å². The zero-order valence-electron chi connectivity index (χ0n) is 19.5. The van der Waals surface area contributed by atoms with Gasteiger partial charge < -0.3 is 10.1 Å². The molecule has 0 bridgehead atoms. The van der Waals surface area contributed by atoms with Crippen molar-refractivity contribution < 1.29 is 9.53 Å². The summed E-state index contributed by atoms with van der Waals surface area (Å²) in [5.74, 6) is 0.376. The second-order valence-electron chi connectivity index (χ2n) is 8.95. The highest BCUT2D eigenvalue weighted by Crippen LogP contribution is 2.30. The highest BCUT2D eigenvalue weighted by molar-refractivity contribution is 7.17. The second kappa shape index (κ2) is 10.6. The van der Waals surface area contributed by atoms with Crippen LogP contribution in [0.5, 0.6) is 0 Å². The molecule has 1 atom stereocenters. The number of hydrogen-bond donors (Lipinski definition) is 1. The van der Waals surface area contributed by atoms with E-state index in [9.17, 15) is 9.59 Å². The average molecular weight is 469 g/mol. The van der Waals surface area contributed by atoms with Gasteiger partial charge in [0.2, 0.25) is 5.91 Å². The Labute approximate surface area is 198 Å². The summed E-state index contributed by atoms with van der Waals surface area (Å²) in [6, 6.07) is 8.42. The summed E-state index contributed by atoms with van der Waals surface area (Å²) >= 11 is 1.47. The van der Waals surface area contributed by atoms with Crippen LogP contribution in [0.3, 0.4) is 0 Å². The molecule has 0 aliphatic carbocycles. The van der Waals surface area contributed by atoms with Gasteiger partial charge in [-0.3, -0.25) is 19.1 Å². The Morgan fingerprint density at radius 2 is 1.94 bits per heavy atom. The molecule has 1 aliphatic rings. The molecule has 0 spiro atoms. The molecule has 0 saturated carbocycles. The van der Waals surface area contributed by atoms with Crippen molar-refractivity contribution in [2.24, 2.45) is 5.92 Å². The Morgan fingerprint density at radius 3 is 2.64 bits per heavy atom. The van der Waals surface area contributed by atoms with Gasteiger partial charge in [-0.15, -0.1) is 11.3 Å². The van der Waals surface area contributed by atoms with Crippen molar-refractivity contribution in [3.05, 3.63) is 51.9 Å². The standard InChI is InChI=1S/C25H32N4O3S/c1-17(2)21(28-10-12-32-13-11-28)14-26-22(30)8-9-29-16-27-24-23(25(29)31)20(15-33-24)19-6-4-18(3)5-7-19/h4-7,15-17,21H,8-14H2,1-3H3,(H,26,30). The molecule has 3 heterocycles. The Morgan fingerprint density at radius 1 is 1.21 bits per heavy atom. The average Bonchev–Trinajstić information content (AvgIpc) is 3.25. The summed E-state index contributed by atoms with van der Waals surface area (Å²) in [4.78, 5) is 33.4. The van der Waals surface area contributed by atoms with Gasteiger partial charge in [0.1, 0.15) is 4.83 Å². The van der Waals surface area contributed by atoms with E-state index in [1.54, 1.807) is 10.9 Å². The molecule has 1 aromatic carbocycles. The van der Waals surface area contributed by atoms with Gasteiger partial charge >= 0.3 is 0 Å². The summed E-state index contributed by atoms with van der Waals surface area (Å²) < 4.78 is 7.00. The lowest BCUT2D eigenvalue weighted by molar-refractivity contribution is -0.121. The number of hydrogen-bond acceptors (Lipinski definition) is 6. The van der Waals surface area contributed by atoms with Crippen LogP contribution in [-0.2, 0) is 16.1 Å². The molecular weight excluding hydrogens is 436 g/mol. The third kappa shape index (κ3) is 5.51. The first kappa shape index (κ1) is 23.6. The first-order valence-electron chi connectivity index (χ1n) is 11.6. The summed E-state index contributed by atoms with van der Waals surface area (Å²) in [5.41, 5.74) is 2.98. The summed E-state index contributed by atoms with van der Waals surface area (Å²) in [7, 11) is 0. The summed E-state index contributed by atoms with van der Waals surface area (Å²) in [6.07, 6.45) is 1.79. The molecule has 7 nitrogen and oxygen atoms in total. The monoisotopic (exact) mass is 468 g/mol. The van der Waals surface area contributed by atoms with Crippen molar-refractivity contribution in [1.29, 1.82) is 0 Å². The van der Waals surface area contributed by atoms with Crippen LogP contribution in [0.15, 0.2) is 40.8 Å². The molecule has 176 valence electrons. The number of aromatic nitrogens is 2. The number of carbonyl (C=O) groups is 1. The number of amides is 1. The molecule has 1 saturated heterocycles. The maximum absolute atomic E-state index is 13.2. The maximum atomic E-state index is 13.2. The van der Waals surface area contributed by atoms with Crippen molar-refractivity contribution >= 4 is 27.5 Å². The predicted octanol–water partition coefficient (Wildman–Crippen LogP) is 3.30. The Bertz CT molecular complexity index is 1150. The van der Waals surface area contributed by atoms with Crippen molar-refractivity contribution in [3.8, 4) is 11.1 Å². The molecule has 33 heavy (non-hydrogen) atoms. The van der Waals surface area contributed by atoms with Crippen LogP contribution < -0.4 is 10.9 Å². The van der Waals surface area contributed by atoms with Gasteiger partial charge in [-0.1, -0.05) is 43.7 Å². The van der Waals surface area contributed by atoms with Gasteiger partial charge in [0.05, 0.1) is 24.9 Å². The van der Waals surface area contributed by atoms with Gasteiger partial charge in [-0.05, 0) is 18.4 Å². The Kier molecular flexibility index (Phi) is 7.57. The fourth-order valence-corrected chi connectivity index (χ4v) is 5.20. The molecule has 3 aromatic rings. The minimum atomic E-state index is -0.0991. The number of benzene rings is 1. The number of rotatable bonds is 8. The normalized spacial score (nSPS) is 15.8. The minimum absolute atomic E-state index is 0.0509. The van der Waals surface area contributed by atoms with Crippen molar-refractivity contribution in [3.63, 3.8) is 0 Å². The molecule has 2 aromatic heterocycles. The van der Waals surface area contributed by atoms with E-state index >= 15 is 0 Å². The van der Waals surface area contributed by atoms with Gasteiger partial charge in [0, 0.05) is 49.6 Å². The van der Waals surface area contributed by atoms with E-state index in [1.807, 2.05) is 36.6 Å². The molecule has 1 unspecified atom stereocenters. The van der Waals surface area contributed by atoms with Crippen molar-refractivity contribution in [1.82, 2.24) is 19.8 Å². The van der Waals surface area contributed by atoms with Crippen LogP contribution in [0.2, 0.25) is 0 Å². The highest BCUT2D eigenvalue weighted by Gasteiger charge is 2.24. The predicted molar refractivity (Wildman–Crippen MR) is 133 cm³/mol. The Balaban J connectivity index is 1.42. The van der Waals surface area contributed by atoms with E-state index in [-0.39, 0.29) is 23.9 Å². The quantitative estimate of drug-likeness (QED) is 0.549. The van der Waals surface area contributed by atoms with Gasteiger partial charge in [-0.25, -0.2) is 4.98 Å². The molecule has 8 heteroatoms. The first-order chi connectivity index (χ1) is 15.9. The zero-order valence-corrected chi connectivity index (χ0v) is 20.4. The fourth-order valence-electron chi connectivity index (χ4n) is 4.30. The third-order valence-corrected chi connectivity index (χ3v) is 7.18. The Hall–Kier alpha value is -2.55. The lowest BCUT2D eigenvalue weighted by Crippen LogP contribution is -2.51. The topological polar surface area (TPSA) is 76.5 Å². The number of ether oxygens (including phenoxy) is 1. The van der Waals surface area contributed by atoms with Crippen LogP contribution in [0.1, 0.15) is 25.8 Å². The summed E-state index contributed by atoms with van der Waals surface area (Å²) in [5, 5.41) is 5.68. The van der Waals surface area contributed by atoms with Crippen molar-refractivity contribution in [2.45, 2.75) is 39.8 Å². The van der Waals surface area contributed by atoms with Gasteiger partial charge in [-0.2, -0.15) is 0 Å². The minimum Gasteiger partial charge on any atom is -0.379 e. The second-order valence-corrected chi connectivity index (χ2v) is 9.81. The lowest BCUT2D eigenvalue weighted by atomic mass is 10.0. The molecule has 4 rings (SSSR count). The number of carbonyl (C=O) groups excluding carboxylic acids is 1. The van der Waals surface area contributed by atoms with Crippen LogP contribution in [0.4, 0.5) is 0 Å². The first-order valence-corrected chi connectivity index (χ1v) is 12.4. The smallest absolute Gasteiger partial charge is 0.262 e. The molecule has 1 fully saturated rings. The molecule has 1 N–H and O–H groups in total. The number of fused-ring (bicyclic) bond motifs is 1. The number of thiophene rings is 1. The van der Waals surface area contributed by atoms with E-state index in [1.165, 1.54) is 16.9 Å². The lowest BCUT2D eigenvalue weighted by Gasteiger charge is -2.36. The van der Waals surface area contributed by atoms with Crippen LogP contribution in [0, 0.1) is 12.8 Å². The van der Waals surface area contributed by atoms with E-state index in [0.717, 1.165) is 42.3 Å². The SMILES string of the molecule is Cc1ccc(-c2csc3ncn(CCC(=O)NCC(C(C)C)N4CCOCC4)c(=O)c23)cc1. The number of aryl methyl sites for hydroxylation is 2. The highest BCUT2D eigenvalue weighted by atomic mass is 32.1. The van der Waals surface area contributed by atoms with E-state index in [2.05, 4.69) is 29.0 Å². The molecule has 1 amide bonds. The van der Waals surface area contributed by atoms with Crippen LogP contribution in [-0.4, -0.2) is 59.2 Å². The van der Waals surface area contributed by atoms with E-state index in [0.29, 0.717) is 24.4 Å². The third-order valence-electron chi connectivity index (χ3n) is 6.30. The number of nitrogens with one attached hydrogen (secondary N) is 1. The van der Waals surface area contributed by atoms with Gasteiger partial charge in [0.25, 0.3) is 5.56 Å². The largest absolute Gasteiger partial charge is 0.379 e. The fraction of sp³-hybridized carbons (Fsp3) is 0.480. The van der Waals surface area contributed by atoms with Gasteiger partial charge in [0.15, 0.2) is 0 Å². The van der Waals surface area contributed by atoms with E-state index in [4.69, 9.17) is 4.74 Å². The molecular formula is C25H32N4O3S. The summed E-state index contributed by atoms with van der Waals surface area (Å²) in [6.45, 7) is 10.6. The van der Waals surface area contributed by atoms with Crippen molar-refractivity contribution in [2.75, 3.05) is 32.8 Å². The number of morpholine rings is 1. The van der Waals surface area contributed by atoms with Crippen LogP contribution in [0.25, 0.3) is 21.3 Å². The zero-order chi connectivity index (χ0) is 23.4. The molecule has 0 radical (unpaired) electrons. The molecule has 1 aliphatic heterocycles.